The number of nitrogens with zero attached hydrogens (tertiary/aromatic N) is 1. The summed E-state index contributed by atoms with van der Waals surface area (Å²) in [6.07, 6.45) is 5.06. The molecule has 5 nitrogen and oxygen atoms in total. The molecule has 3 rings (SSSR count). The van der Waals surface area contributed by atoms with Crippen LogP contribution in [0.15, 0.2) is 41.1 Å². The second kappa shape index (κ2) is 10.3. The number of nitrogens with one attached hydrogen (secondary N) is 1. The maximum absolute atomic E-state index is 12.3. The molecule has 1 aliphatic rings. The van der Waals surface area contributed by atoms with Crippen LogP contribution >= 0.6 is 11.3 Å². The molecule has 1 aliphatic heterocycles. The predicted octanol–water partition coefficient (Wildman–Crippen LogP) is 3.87. The number of methoxy groups -OCH3 is 1. The van der Waals surface area contributed by atoms with Crippen LogP contribution in [0, 0.1) is 0 Å². The number of thiophene rings is 1. The number of rotatable bonds is 8. The molecule has 0 unspecified atom stereocenters. The fraction of sp³-hybridized carbons (Fsp3) is 0.476. The molecule has 6 heteroatoms. The van der Waals surface area contributed by atoms with Gasteiger partial charge in [-0.25, -0.2) is 0 Å². The summed E-state index contributed by atoms with van der Waals surface area (Å²) < 4.78 is 10.7. The van der Waals surface area contributed by atoms with Gasteiger partial charge in [-0.05, 0) is 72.6 Å². The van der Waals surface area contributed by atoms with Crippen molar-refractivity contribution in [3.05, 3.63) is 46.7 Å². The van der Waals surface area contributed by atoms with Gasteiger partial charge in [-0.1, -0.05) is 12.8 Å². The molecule has 1 saturated heterocycles. The van der Waals surface area contributed by atoms with E-state index < -0.39 is 0 Å². The molecule has 1 fully saturated rings. The molecule has 1 amide bonds. The van der Waals surface area contributed by atoms with Crippen molar-refractivity contribution in [1.82, 2.24) is 10.2 Å². The summed E-state index contributed by atoms with van der Waals surface area (Å²) in [6.45, 7) is 2.82. The zero-order chi connectivity index (χ0) is 18.9. The van der Waals surface area contributed by atoms with Gasteiger partial charge in [0, 0.05) is 6.54 Å². The number of hydrogen-bond donors (Lipinski definition) is 1. The van der Waals surface area contributed by atoms with Gasteiger partial charge in [-0.15, -0.1) is 0 Å². The van der Waals surface area contributed by atoms with E-state index in [4.69, 9.17) is 9.47 Å². The monoisotopic (exact) mass is 388 g/mol. The number of carbonyl (C=O) groups is 1. The van der Waals surface area contributed by atoms with Crippen molar-refractivity contribution in [3.63, 3.8) is 0 Å². The minimum atomic E-state index is -0.0964. The highest BCUT2D eigenvalue weighted by atomic mass is 32.1. The van der Waals surface area contributed by atoms with Crippen LogP contribution in [0.3, 0.4) is 0 Å². The Labute approximate surface area is 165 Å². The molecular weight excluding hydrogens is 360 g/mol. The molecule has 1 aromatic heterocycles. The summed E-state index contributed by atoms with van der Waals surface area (Å²) in [4.78, 5) is 14.8. The minimum absolute atomic E-state index is 0.0166. The van der Waals surface area contributed by atoms with Crippen LogP contribution in [0.4, 0.5) is 0 Å². The summed E-state index contributed by atoms with van der Waals surface area (Å²) in [5.74, 6) is 1.33. The average Bonchev–Trinajstić information content (AvgIpc) is 3.10. The summed E-state index contributed by atoms with van der Waals surface area (Å²) >= 11 is 1.71. The molecule has 2 heterocycles. The molecule has 1 atom stereocenters. The van der Waals surface area contributed by atoms with Gasteiger partial charge < -0.3 is 14.8 Å². The summed E-state index contributed by atoms with van der Waals surface area (Å²) in [6, 6.07) is 9.65. The molecule has 1 N–H and O–H groups in total. The third-order valence-corrected chi connectivity index (χ3v) is 5.63. The second-order valence-electron chi connectivity index (χ2n) is 6.79. The third-order valence-electron chi connectivity index (χ3n) is 4.93. The molecule has 27 heavy (non-hydrogen) atoms. The highest BCUT2D eigenvalue weighted by Crippen LogP contribution is 2.25. The Morgan fingerprint density at radius 2 is 1.81 bits per heavy atom. The molecule has 0 spiro atoms. The lowest BCUT2D eigenvalue weighted by Crippen LogP contribution is -2.40. The molecule has 0 saturated carbocycles. The quantitative estimate of drug-likeness (QED) is 0.746. The Kier molecular flexibility index (Phi) is 7.54. The normalized spacial score (nSPS) is 16.3. The SMILES string of the molecule is COc1ccc(OCC(=O)NC[C@H](c2ccsc2)N2CCCCCC2)cc1. The minimum Gasteiger partial charge on any atom is -0.497 e. The van der Waals surface area contributed by atoms with Gasteiger partial charge in [-0.3, -0.25) is 9.69 Å². The average molecular weight is 389 g/mol. The van der Waals surface area contributed by atoms with Gasteiger partial charge in [0.05, 0.1) is 13.2 Å². The van der Waals surface area contributed by atoms with Gasteiger partial charge in [-0.2, -0.15) is 11.3 Å². The van der Waals surface area contributed by atoms with Crippen LogP contribution in [-0.4, -0.2) is 44.2 Å². The topological polar surface area (TPSA) is 50.8 Å². The van der Waals surface area contributed by atoms with E-state index in [1.165, 1.54) is 31.2 Å². The van der Waals surface area contributed by atoms with E-state index in [9.17, 15) is 4.79 Å². The predicted molar refractivity (Wildman–Crippen MR) is 109 cm³/mol. The molecule has 2 aromatic rings. The Morgan fingerprint density at radius 3 is 2.44 bits per heavy atom. The van der Waals surface area contributed by atoms with E-state index in [2.05, 4.69) is 27.0 Å². The first-order valence-electron chi connectivity index (χ1n) is 9.56. The molecule has 146 valence electrons. The van der Waals surface area contributed by atoms with Gasteiger partial charge >= 0.3 is 0 Å². The van der Waals surface area contributed by atoms with Crippen LogP contribution in [0.2, 0.25) is 0 Å². The van der Waals surface area contributed by atoms with Crippen molar-refractivity contribution in [1.29, 1.82) is 0 Å². The number of hydrogen-bond acceptors (Lipinski definition) is 5. The first kappa shape index (κ1) is 19.7. The van der Waals surface area contributed by atoms with Gasteiger partial charge in [0.15, 0.2) is 6.61 Å². The molecule has 0 aliphatic carbocycles. The number of carbonyl (C=O) groups excluding carboxylic acids is 1. The van der Waals surface area contributed by atoms with Gasteiger partial charge in [0.2, 0.25) is 0 Å². The smallest absolute Gasteiger partial charge is 0.258 e. The number of likely N-dealkylation sites (tertiary alicyclic amines) is 1. The van der Waals surface area contributed by atoms with E-state index in [0.717, 1.165) is 18.8 Å². The van der Waals surface area contributed by atoms with E-state index in [1.807, 2.05) is 12.1 Å². The Bertz CT molecular complexity index is 680. The van der Waals surface area contributed by atoms with Crippen LogP contribution < -0.4 is 14.8 Å². The van der Waals surface area contributed by atoms with Crippen molar-refractivity contribution in [2.75, 3.05) is 33.4 Å². The Morgan fingerprint density at radius 1 is 1.11 bits per heavy atom. The fourth-order valence-corrected chi connectivity index (χ4v) is 4.12. The van der Waals surface area contributed by atoms with Crippen LogP contribution in [0.5, 0.6) is 11.5 Å². The van der Waals surface area contributed by atoms with E-state index >= 15 is 0 Å². The standard InChI is InChI=1S/C21H28N2O3S/c1-25-18-6-8-19(9-7-18)26-15-21(24)22-14-20(17-10-13-27-16-17)23-11-4-2-3-5-12-23/h6-10,13,16,20H,2-5,11-12,14-15H2,1H3,(H,22,24)/t20-/m1/s1. The zero-order valence-electron chi connectivity index (χ0n) is 15.9. The largest absolute Gasteiger partial charge is 0.497 e. The number of benzene rings is 1. The summed E-state index contributed by atoms with van der Waals surface area (Å²) in [7, 11) is 1.62. The first-order valence-corrected chi connectivity index (χ1v) is 10.5. The third kappa shape index (κ3) is 5.97. The van der Waals surface area contributed by atoms with Crippen molar-refractivity contribution in [2.45, 2.75) is 31.7 Å². The van der Waals surface area contributed by atoms with E-state index in [1.54, 1.807) is 30.6 Å². The van der Waals surface area contributed by atoms with Crippen molar-refractivity contribution < 1.29 is 14.3 Å². The summed E-state index contributed by atoms with van der Waals surface area (Å²) in [5.41, 5.74) is 1.29. The van der Waals surface area contributed by atoms with Crippen LogP contribution in [0.25, 0.3) is 0 Å². The van der Waals surface area contributed by atoms with E-state index in [-0.39, 0.29) is 18.6 Å². The molecule has 0 bridgehead atoms. The zero-order valence-corrected chi connectivity index (χ0v) is 16.7. The van der Waals surface area contributed by atoms with E-state index in [0.29, 0.717) is 12.3 Å². The second-order valence-corrected chi connectivity index (χ2v) is 7.57. The molecule has 1 aromatic carbocycles. The Balaban J connectivity index is 1.52. The highest BCUT2D eigenvalue weighted by molar-refractivity contribution is 7.07. The van der Waals surface area contributed by atoms with Gasteiger partial charge in [0.1, 0.15) is 11.5 Å². The number of amides is 1. The fourth-order valence-electron chi connectivity index (χ4n) is 3.41. The van der Waals surface area contributed by atoms with Crippen molar-refractivity contribution in [2.24, 2.45) is 0 Å². The van der Waals surface area contributed by atoms with Crippen LogP contribution in [-0.2, 0) is 4.79 Å². The lowest BCUT2D eigenvalue weighted by molar-refractivity contribution is -0.123. The maximum atomic E-state index is 12.3. The van der Waals surface area contributed by atoms with Crippen LogP contribution in [0.1, 0.15) is 37.3 Å². The maximum Gasteiger partial charge on any atom is 0.258 e. The summed E-state index contributed by atoms with van der Waals surface area (Å²) in [5, 5.41) is 7.35. The molecule has 0 radical (unpaired) electrons. The van der Waals surface area contributed by atoms with Crippen molar-refractivity contribution in [3.8, 4) is 11.5 Å². The highest BCUT2D eigenvalue weighted by Gasteiger charge is 2.22. The van der Waals surface area contributed by atoms with Crippen molar-refractivity contribution >= 4 is 17.2 Å². The Hall–Kier alpha value is -2.05. The number of ether oxygens (including phenoxy) is 2. The molecular formula is C21H28N2O3S. The van der Waals surface area contributed by atoms with Gasteiger partial charge in [0.25, 0.3) is 5.91 Å². The first-order chi connectivity index (χ1) is 13.3. The lowest BCUT2D eigenvalue weighted by atomic mass is 10.1. The lowest BCUT2D eigenvalue weighted by Gasteiger charge is -2.30.